The Kier molecular flexibility index (Phi) is 5.51. The van der Waals surface area contributed by atoms with Gasteiger partial charge in [-0.15, -0.1) is 0 Å². The highest BCUT2D eigenvalue weighted by atomic mass is 16.4. The molecule has 1 heterocycles. The predicted octanol–water partition coefficient (Wildman–Crippen LogP) is 1.54. The molecule has 0 radical (unpaired) electrons. The third kappa shape index (κ3) is 3.93. The number of hydrogen-bond donors (Lipinski definition) is 1. The van der Waals surface area contributed by atoms with Gasteiger partial charge < -0.3 is 14.6 Å². The van der Waals surface area contributed by atoms with Crippen molar-refractivity contribution in [2.24, 2.45) is 5.92 Å². The quantitative estimate of drug-likeness (QED) is 0.858. The van der Waals surface area contributed by atoms with E-state index in [1.807, 2.05) is 34.9 Å². The summed E-state index contributed by atoms with van der Waals surface area (Å²) in [6.07, 6.45) is 2.50. The summed E-state index contributed by atoms with van der Waals surface area (Å²) in [5.41, 5.74) is 1.68. The van der Waals surface area contributed by atoms with Crippen LogP contribution in [0.25, 0.3) is 0 Å². The number of hydrogen-bond acceptors (Lipinski definition) is 3. The second kappa shape index (κ2) is 6.70. The Morgan fingerprint density at radius 3 is 2.45 bits per heavy atom. The Hall–Kier alpha value is -1.62. The molecule has 1 N–H and O–H groups in total. The van der Waals surface area contributed by atoms with Crippen LogP contribution in [0.4, 0.5) is 0 Å². The maximum atomic E-state index is 12.1. The first-order chi connectivity index (χ1) is 9.23. The van der Waals surface area contributed by atoms with Crippen LogP contribution in [0.1, 0.15) is 31.0 Å². The van der Waals surface area contributed by atoms with Crippen molar-refractivity contribution in [1.29, 1.82) is 0 Å². The van der Waals surface area contributed by atoms with Gasteiger partial charge in [-0.05, 0) is 44.5 Å². The normalized spacial score (nSPS) is 12.9. The van der Waals surface area contributed by atoms with Crippen molar-refractivity contribution in [3.05, 3.63) is 33.7 Å². The van der Waals surface area contributed by atoms with Gasteiger partial charge in [-0.25, -0.2) is 4.79 Å². The van der Waals surface area contributed by atoms with E-state index in [4.69, 9.17) is 0 Å². The number of aliphatic carboxylic acids is 1. The first-order valence-corrected chi connectivity index (χ1v) is 6.83. The highest BCUT2D eigenvalue weighted by Crippen LogP contribution is 2.18. The average Bonchev–Trinajstić information content (AvgIpc) is 2.29. The van der Waals surface area contributed by atoms with Crippen LogP contribution in [0.15, 0.2) is 17.1 Å². The second-order valence-corrected chi connectivity index (χ2v) is 5.81. The van der Waals surface area contributed by atoms with E-state index in [1.54, 1.807) is 6.20 Å². The number of nitrogens with zero attached hydrogens (tertiary/aromatic N) is 2. The third-order valence-corrected chi connectivity index (χ3v) is 3.41. The summed E-state index contributed by atoms with van der Waals surface area (Å²) in [6.45, 7) is 6.37. The van der Waals surface area contributed by atoms with Crippen LogP contribution in [-0.2, 0) is 11.2 Å². The standard InChI is InChI=1S/C15H24N2O3/c1-10(2)14(15(19)20)17-9-12(6-7-16(4)5)11(3)8-13(17)18/h8-10,14H,6-7H2,1-5H3,(H,19,20). The molecule has 5 heteroatoms. The number of likely N-dealkylation sites (N-methyl/N-ethyl adjacent to an activating group) is 1. The number of carboxylic acid groups (broad SMARTS) is 1. The van der Waals surface area contributed by atoms with Gasteiger partial charge in [0.1, 0.15) is 6.04 Å². The van der Waals surface area contributed by atoms with E-state index in [0.29, 0.717) is 0 Å². The molecular weight excluding hydrogens is 256 g/mol. The summed E-state index contributed by atoms with van der Waals surface area (Å²) >= 11 is 0. The molecule has 0 aromatic carbocycles. The van der Waals surface area contributed by atoms with Gasteiger partial charge in [0.05, 0.1) is 0 Å². The molecule has 1 aromatic heterocycles. The van der Waals surface area contributed by atoms with E-state index < -0.39 is 12.0 Å². The second-order valence-electron chi connectivity index (χ2n) is 5.81. The highest BCUT2D eigenvalue weighted by Gasteiger charge is 2.24. The minimum Gasteiger partial charge on any atom is -0.480 e. The molecule has 0 fully saturated rings. The number of aryl methyl sites for hydroxylation is 1. The van der Waals surface area contributed by atoms with E-state index in [9.17, 15) is 14.7 Å². The number of carbonyl (C=O) groups is 1. The van der Waals surface area contributed by atoms with Crippen molar-refractivity contribution < 1.29 is 9.90 Å². The van der Waals surface area contributed by atoms with Crippen LogP contribution in [0.5, 0.6) is 0 Å². The van der Waals surface area contributed by atoms with Crippen molar-refractivity contribution in [2.45, 2.75) is 33.2 Å². The number of aromatic nitrogens is 1. The zero-order valence-electron chi connectivity index (χ0n) is 12.9. The van der Waals surface area contributed by atoms with Crippen molar-refractivity contribution >= 4 is 5.97 Å². The molecule has 20 heavy (non-hydrogen) atoms. The van der Waals surface area contributed by atoms with Gasteiger partial charge in [0, 0.05) is 18.8 Å². The summed E-state index contributed by atoms with van der Waals surface area (Å²) in [7, 11) is 3.97. The van der Waals surface area contributed by atoms with Gasteiger partial charge in [-0.2, -0.15) is 0 Å². The molecule has 0 spiro atoms. The molecule has 0 saturated carbocycles. The molecule has 1 aromatic rings. The fourth-order valence-corrected chi connectivity index (χ4v) is 2.23. The Bertz CT molecular complexity index is 532. The van der Waals surface area contributed by atoms with Crippen LogP contribution < -0.4 is 5.56 Å². The van der Waals surface area contributed by atoms with Gasteiger partial charge in [0.25, 0.3) is 5.56 Å². The summed E-state index contributed by atoms with van der Waals surface area (Å²) in [5.74, 6) is -1.11. The van der Waals surface area contributed by atoms with E-state index in [1.165, 1.54) is 10.6 Å². The summed E-state index contributed by atoms with van der Waals surface area (Å²) in [6, 6.07) is 0.713. The van der Waals surface area contributed by atoms with Crippen molar-refractivity contribution in [1.82, 2.24) is 9.47 Å². The third-order valence-electron chi connectivity index (χ3n) is 3.41. The SMILES string of the molecule is Cc1cc(=O)n(C(C(=O)O)C(C)C)cc1CCN(C)C. The van der Waals surface area contributed by atoms with Crippen LogP contribution in [0, 0.1) is 12.8 Å². The Labute approximate surface area is 119 Å². The zero-order chi connectivity index (χ0) is 15.4. The molecule has 0 aliphatic heterocycles. The van der Waals surface area contributed by atoms with Crippen LogP contribution >= 0.6 is 0 Å². The van der Waals surface area contributed by atoms with Gasteiger partial charge >= 0.3 is 5.97 Å². The Balaban J connectivity index is 3.22. The molecule has 0 aliphatic rings. The minimum atomic E-state index is -0.968. The van der Waals surface area contributed by atoms with E-state index in [-0.39, 0.29) is 11.5 Å². The van der Waals surface area contributed by atoms with Crippen LogP contribution in [-0.4, -0.2) is 41.2 Å². The van der Waals surface area contributed by atoms with E-state index in [2.05, 4.69) is 4.90 Å². The summed E-state index contributed by atoms with van der Waals surface area (Å²) < 4.78 is 1.35. The fourth-order valence-electron chi connectivity index (χ4n) is 2.23. The van der Waals surface area contributed by atoms with E-state index in [0.717, 1.165) is 24.1 Å². The molecule has 1 unspecified atom stereocenters. The van der Waals surface area contributed by atoms with E-state index >= 15 is 0 Å². The lowest BCUT2D eigenvalue weighted by molar-refractivity contribution is -0.142. The minimum absolute atomic E-state index is 0.144. The van der Waals surface area contributed by atoms with Gasteiger partial charge in [-0.1, -0.05) is 13.8 Å². The lowest BCUT2D eigenvalue weighted by atomic mass is 10.0. The molecule has 0 saturated heterocycles. The maximum Gasteiger partial charge on any atom is 0.327 e. The average molecular weight is 280 g/mol. The summed E-state index contributed by atoms with van der Waals surface area (Å²) in [4.78, 5) is 25.5. The molecule has 1 rings (SSSR count). The van der Waals surface area contributed by atoms with Crippen molar-refractivity contribution in [3.63, 3.8) is 0 Å². The van der Waals surface area contributed by atoms with Crippen molar-refractivity contribution in [3.8, 4) is 0 Å². The molecule has 112 valence electrons. The molecular formula is C15H24N2O3. The molecule has 0 aliphatic carbocycles. The molecule has 1 atom stereocenters. The fraction of sp³-hybridized carbons (Fsp3) is 0.600. The Morgan fingerprint density at radius 2 is 2.00 bits per heavy atom. The van der Waals surface area contributed by atoms with Crippen LogP contribution in [0.3, 0.4) is 0 Å². The number of rotatable bonds is 6. The zero-order valence-corrected chi connectivity index (χ0v) is 12.9. The lowest BCUT2D eigenvalue weighted by Gasteiger charge is -2.21. The monoisotopic (exact) mass is 280 g/mol. The van der Waals surface area contributed by atoms with Gasteiger partial charge in [-0.3, -0.25) is 4.79 Å². The topological polar surface area (TPSA) is 62.5 Å². The van der Waals surface area contributed by atoms with Crippen molar-refractivity contribution in [2.75, 3.05) is 20.6 Å². The van der Waals surface area contributed by atoms with Gasteiger partial charge in [0.15, 0.2) is 0 Å². The largest absolute Gasteiger partial charge is 0.480 e. The lowest BCUT2D eigenvalue weighted by Crippen LogP contribution is -2.33. The Morgan fingerprint density at radius 1 is 1.40 bits per heavy atom. The van der Waals surface area contributed by atoms with Crippen LogP contribution in [0.2, 0.25) is 0 Å². The predicted molar refractivity (Wildman–Crippen MR) is 79.2 cm³/mol. The number of carboxylic acids is 1. The molecule has 0 amide bonds. The first kappa shape index (κ1) is 16.4. The highest BCUT2D eigenvalue weighted by molar-refractivity contribution is 5.72. The summed E-state index contributed by atoms with van der Waals surface area (Å²) in [5, 5.41) is 9.33. The number of pyridine rings is 1. The molecule has 0 bridgehead atoms. The smallest absolute Gasteiger partial charge is 0.327 e. The first-order valence-electron chi connectivity index (χ1n) is 6.83. The maximum absolute atomic E-state index is 12.1. The molecule has 5 nitrogen and oxygen atoms in total. The van der Waals surface area contributed by atoms with Gasteiger partial charge in [0.2, 0.25) is 0 Å².